The molecule has 0 spiro atoms. The Kier molecular flexibility index (Phi) is 4.12. The van der Waals surface area contributed by atoms with Crippen LogP contribution in [0.1, 0.15) is 25.3 Å². The zero-order chi connectivity index (χ0) is 15.5. The number of β-amino-alcohol motifs (C(OH)–C–C–N with tert-alkyl or cyclic N) is 1. The Morgan fingerprint density at radius 1 is 1.45 bits per heavy atom. The number of aliphatic hydroxyl groups excluding tert-OH is 1. The highest BCUT2D eigenvalue weighted by Gasteiger charge is 2.21. The standard InChI is InChI=1S/C17H19N3O2/c1-2-22-15-5-6-16-12(9-15)8-13(10-18)17(19-16)20-7-3-4-14(21)11-20/h5-6,8-9,14,21H,2-4,7,11H2,1H3. The van der Waals surface area contributed by atoms with Crippen molar-refractivity contribution in [2.75, 3.05) is 24.6 Å². The number of hydrogen-bond acceptors (Lipinski definition) is 5. The third-order valence-corrected chi connectivity index (χ3v) is 3.89. The van der Waals surface area contributed by atoms with E-state index >= 15 is 0 Å². The first kappa shape index (κ1) is 14.6. The Morgan fingerprint density at radius 3 is 3.05 bits per heavy atom. The Hall–Kier alpha value is -2.32. The Bertz CT molecular complexity index is 724. The lowest BCUT2D eigenvalue weighted by Crippen LogP contribution is -2.39. The first-order valence-corrected chi connectivity index (χ1v) is 7.62. The van der Waals surface area contributed by atoms with Crippen LogP contribution in [0.5, 0.6) is 5.75 Å². The lowest BCUT2D eigenvalue weighted by molar-refractivity contribution is 0.154. The molecule has 1 aliphatic rings. The minimum absolute atomic E-state index is 0.349. The van der Waals surface area contributed by atoms with Crippen molar-refractivity contribution >= 4 is 16.7 Å². The molecule has 1 atom stereocenters. The van der Waals surface area contributed by atoms with E-state index in [1.165, 1.54) is 0 Å². The molecule has 0 aliphatic carbocycles. The molecule has 1 N–H and O–H groups in total. The van der Waals surface area contributed by atoms with Crippen molar-refractivity contribution in [1.29, 1.82) is 5.26 Å². The van der Waals surface area contributed by atoms with Gasteiger partial charge in [-0.1, -0.05) is 0 Å². The van der Waals surface area contributed by atoms with E-state index in [9.17, 15) is 10.4 Å². The Labute approximate surface area is 129 Å². The van der Waals surface area contributed by atoms with Crippen LogP contribution in [0.2, 0.25) is 0 Å². The minimum atomic E-state index is -0.349. The van der Waals surface area contributed by atoms with E-state index in [1.807, 2.05) is 36.1 Å². The van der Waals surface area contributed by atoms with Crippen LogP contribution < -0.4 is 9.64 Å². The van der Waals surface area contributed by atoms with Gasteiger partial charge >= 0.3 is 0 Å². The van der Waals surface area contributed by atoms with Gasteiger partial charge < -0.3 is 14.7 Å². The van der Waals surface area contributed by atoms with Crippen molar-refractivity contribution in [3.05, 3.63) is 29.8 Å². The van der Waals surface area contributed by atoms with Gasteiger partial charge in [0.1, 0.15) is 17.6 Å². The second-order valence-electron chi connectivity index (χ2n) is 5.50. The normalized spacial score (nSPS) is 18.2. The number of aliphatic hydroxyl groups is 1. The molecule has 3 rings (SSSR count). The first-order valence-electron chi connectivity index (χ1n) is 7.62. The van der Waals surface area contributed by atoms with Crippen LogP contribution in [-0.4, -0.2) is 35.9 Å². The smallest absolute Gasteiger partial charge is 0.147 e. The second kappa shape index (κ2) is 6.20. The fourth-order valence-electron chi connectivity index (χ4n) is 2.87. The molecule has 114 valence electrons. The zero-order valence-corrected chi connectivity index (χ0v) is 12.6. The molecule has 2 aromatic rings. The topological polar surface area (TPSA) is 69.4 Å². The highest BCUT2D eigenvalue weighted by atomic mass is 16.5. The van der Waals surface area contributed by atoms with Gasteiger partial charge in [-0.05, 0) is 44.0 Å². The van der Waals surface area contributed by atoms with E-state index in [2.05, 4.69) is 11.1 Å². The number of fused-ring (bicyclic) bond motifs is 1. The molecular formula is C17H19N3O2. The fourth-order valence-corrected chi connectivity index (χ4v) is 2.87. The highest BCUT2D eigenvalue weighted by Crippen LogP contribution is 2.28. The molecule has 1 aliphatic heterocycles. The summed E-state index contributed by atoms with van der Waals surface area (Å²) in [4.78, 5) is 6.64. The number of hydrogen-bond donors (Lipinski definition) is 1. The monoisotopic (exact) mass is 297 g/mol. The molecule has 5 nitrogen and oxygen atoms in total. The summed E-state index contributed by atoms with van der Waals surface area (Å²) in [6, 6.07) is 9.77. The van der Waals surface area contributed by atoms with Gasteiger partial charge in [0, 0.05) is 18.5 Å². The van der Waals surface area contributed by atoms with E-state index in [4.69, 9.17) is 4.74 Å². The van der Waals surface area contributed by atoms with Gasteiger partial charge in [0.2, 0.25) is 0 Å². The van der Waals surface area contributed by atoms with Crippen molar-refractivity contribution in [1.82, 2.24) is 4.98 Å². The summed E-state index contributed by atoms with van der Waals surface area (Å²) in [6.07, 6.45) is 1.37. The molecule has 2 heterocycles. The molecule has 1 fully saturated rings. The van der Waals surface area contributed by atoms with Crippen molar-refractivity contribution < 1.29 is 9.84 Å². The van der Waals surface area contributed by atoms with Gasteiger partial charge in [0.25, 0.3) is 0 Å². The third kappa shape index (κ3) is 2.83. The SMILES string of the molecule is CCOc1ccc2nc(N3CCCC(O)C3)c(C#N)cc2c1. The van der Waals surface area contributed by atoms with E-state index < -0.39 is 0 Å². The lowest BCUT2D eigenvalue weighted by Gasteiger charge is -2.31. The van der Waals surface area contributed by atoms with Crippen LogP contribution in [0, 0.1) is 11.3 Å². The number of pyridine rings is 1. The average molecular weight is 297 g/mol. The number of aromatic nitrogens is 1. The summed E-state index contributed by atoms with van der Waals surface area (Å²) in [6.45, 7) is 3.90. The van der Waals surface area contributed by atoms with E-state index in [0.29, 0.717) is 24.5 Å². The van der Waals surface area contributed by atoms with Gasteiger partial charge in [-0.2, -0.15) is 5.26 Å². The molecule has 0 radical (unpaired) electrons. The summed E-state index contributed by atoms with van der Waals surface area (Å²) >= 11 is 0. The molecule has 5 heteroatoms. The molecule has 1 saturated heterocycles. The van der Waals surface area contributed by atoms with Gasteiger partial charge in [-0.15, -0.1) is 0 Å². The number of anilines is 1. The van der Waals surface area contributed by atoms with Gasteiger partial charge in [-0.25, -0.2) is 4.98 Å². The Morgan fingerprint density at radius 2 is 2.32 bits per heavy atom. The van der Waals surface area contributed by atoms with Crippen LogP contribution in [0.15, 0.2) is 24.3 Å². The predicted octanol–water partition coefficient (Wildman–Crippen LogP) is 2.47. The van der Waals surface area contributed by atoms with Gasteiger partial charge in [0.05, 0.1) is 23.8 Å². The van der Waals surface area contributed by atoms with Crippen molar-refractivity contribution in [2.45, 2.75) is 25.9 Å². The predicted molar refractivity (Wildman–Crippen MR) is 85.1 cm³/mol. The first-order chi connectivity index (χ1) is 10.7. The summed E-state index contributed by atoms with van der Waals surface area (Å²) < 4.78 is 5.49. The molecule has 1 unspecified atom stereocenters. The maximum Gasteiger partial charge on any atom is 0.147 e. The number of nitrogens with zero attached hydrogens (tertiary/aromatic N) is 3. The van der Waals surface area contributed by atoms with E-state index in [1.54, 1.807) is 0 Å². The average Bonchev–Trinajstić information content (AvgIpc) is 2.54. The van der Waals surface area contributed by atoms with Crippen LogP contribution in [-0.2, 0) is 0 Å². The van der Waals surface area contributed by atoms with E-state index in [-0.39, 0.29) is 6.10 Å². The minimum Gasteiger partial charge on any atom is -0.494 e. The van der Waals surface area contributed by atoms with Crippen LogP contribution in [0.25, 0.3) is 10.9 Å². The van der Waals surface area contributed by atoms with Crippen molar-refractivity contribution in [2.24, 2.45) is 0 Å². The van der Waals surface area contributed by atoms with Crippen LogP contribution >= 0.6 is 0 Å². The molecule has 22 heavy (non-hydrogen) atoms. The quantitative estimate of drug-likeness (QED) is 0.942. The third-order valence-electron chi connectivity index (χ3n) is 3.89. The van der Waals surface area contributed by atoms with Gasteiger partial charge in [0.15, 0.2) is 0 Å². The molecular weight excluding hydrogens is 278 g/mol. The van der Waals surface area contributed by atoms with Crippen LogP contribution in [0.3, 0.4) is 0 Å². The summed E-state index contributed by atoms with van der Waals surface area (Å²) in [5, 5.41) is 20.2. The highest BCUT2D eigenvalue weighted by molar-refractivity contribution is 5.84. The number of ether oxygens (including phenoxy) is 1. The fraction of sp³-hybridized carbons (Fsp3) is 0.412. The summed E-state index contributed by atoms with van der Waals surface area (Å²) in [7, 11) is 0. The maximum atomic E-state index is 9.84. The molecule has 1 aromatic carbocycles. The molecule has 1 aromatic heterocycles. The van der Waals surface area contributed by atoms with Gasteiger partial charge in [-0.3, -0.25) is 0 Å². The van der Waals surface area contributed by atoms with Crippen molar-refractivity contribution in [3.8, 4) is 11.8 Å². The number of piperidine rings is 1. The Balaban J connectivity index is 2.03. The summed E-state index contributed by atoms with van der Waals surface area (Å²) in [5.41, 5.74) is 1.37. The number of rotatable bonds is 3. The number of benzene rings is 1. The largest absolute Gasteiger partial charge is 0.494 e. The maximum absolute atomic E-state index is 9.84. The van der Waals surface area contributed by atoms with Crippen molar-refractivity contribution in [3.63, 3.8) is 0 Å². The summed E-state index contributed by atoms with van der Waals surface area (Å²) in [5.74, 6) is 1.44. The second-order valence-corrected chi connectivity index (χ2v) is 5.50. The van der Waals surface area contributed by atoms with E-state index in [0.717, 1.165) is 36.0 Å². The number of nitriles is 1. The molecule has 0 saturated carbocycles. The van der Waals surface area contributed by atoms with Crippen LogP contribution in [0.4, 0.5) is 5.82 Å². The zero-order valence-electron chi connectivity index (χ0n) is 12.6. The lowest BCUT2D eigenvalue weighted by atomic mass is 10.1. The molecule has 0 amide bonds. The molecule has 0 bridgehead atoms.